The zero-order valence-electron chi connectivity index (χ0n) is 9.67. The van der Waals surface area contributed by atoms with Crippen molar-refractivity contribution in [3.05, 3.63) is 12.7 Å². The van der Waals surface area contributed by atoms with E-state index in [0.29, 0.717) is 0 Å². The predicted molar refractivity (Wildman–Crippen MR) is 62.7 cm³/mol. The fourth-order valence-corrected chi connectivity index (χ4v) is 2.08. The molecule has 1 aliphatic rings. The van der Waals surface area contributed by atoms with Crippen molar-refractivity contribution in [2.75, 3.05) is 26.2 Å². The number of nitrogens with one attached hydrogen (secondary N) is 1. The van der Waals surface area contributed by atoms with Crippen LogP contribution in [0.3, 0.4) is 0 Å². The van der Waals surface area contributed by atoms with Crippen LogP contribution in [0.4, 0.5) is 0 Å². The molecule has 15 heavy (non-hydrogen) atoms. The van der Waals surface area contributed by atoms with Crippen molar-refractivity contribution in [2.24, 2.45) is 5.92 Å². The van der Waals surface area contributed by atoms with E-state index in [0.717, 1.165) is 25.4 Å². The lowest BCUT2D eigenvalue weighted by Crippen LogP contribution is -2.36. The number of hydrogen-bond donors (Lipinski definition) is 1. The largest absolute Gasteiger partial charge is 0.353 e. The summed E-state index contributed by atoms with van der Waals surface area (Å²) >= 11 is 0. The van der Waals surface area contributed by atoms with Crippen LogP contribution in [-0.2, 0) is 4.79 Å². The molecular weight excluding hydrogens is 188 g/mol. The Hall–Kier alpha value is -0.830. The van der Waals surface area contributed by atoms with Crippen molar-refractivity contribution in [3.8, 4) is 0 Å². The molecule has 0 radical (unpaired) electrons. The highest BCUT2D eigenvalue weighted by Crippen LogP contribution is 2.14. The molecule has 0 aromatic rings. The third-order valence-corrected chi connectivity index (χ3v) is 2.88. The summed E-state index contributed by atoms with van der Waals surface area (Å²) in [6.45, 7) is 10.0. The van der Waals surface area contributed by atoms with E-state index in [4.69, 9.17) is 0 Å². The standard InChI is InChI=1S/C12H22N2O/c1-3-12(15)13-7-5-9-14-8-4-6-11(2)10-14/h3,11H,1,4-10H2,2H3,(H,13,15). The Labute approximate surface area is 92.5 Å². The highest BCUT2D eigenvalue weighted by molar-refractivity contribution is 5.86. The fourth-order valence-electron chi connectivity index (χ4n) is 2.08. The third-order valence-electron chi connectivity index (χ3n) is 2.88. The number of hydrogen-bond acceptors (Lipinski definition) is 2. The van der Waals surface area contributed by atoms with Gasteiger partial charge in [0.25, 0.3) is 0 Å². The van der Waals surface area contributed by atoms with Crippen LogP contribution in [0.5, 0.6) is 0 Å². The Morgan fingerprint density at radius 1 is 1.67 bits per heavy atom. The van der Waals surface area contributed by atoms with Gasteiger partial charge in [-0.15, -0.1) is 0 Å². The first-order valence-corrected chi connectivity index (χ1v) is 5.85. The highest BCUT2D eigenvalue weighted by atomic mass is 16.1. The Morgan fingerprint density at radius 3 is 3.13 bits per heavy atom. The Bertz CT molecular complexity index is 216. The van der Waals surface area contributed by atoms with Crippen LogP contribution in [0.25, 0.3) is 0 Å². The molecule has 1 heterocycles. The number of carbonyl (C=O) groups excluding carboxylic acids is 1. The van der Waals surface area contributed by atoms with Crippen LogP contribution in [0, 0.1) is 5.92 Å². The third kappa shape index (κ3) is 4.98. The van der Waals surface area contributed by atoms with Gasteiger partial charge < -0.3 is 10.2 Å². The molecule has 0 aromatic heterocycles. The molecule has 0 saturated carbocycles. The summed E-state index contributed by atoms with van der Waals surface area (Å²) in [4.78, 5) is 13.4. The van der Waals surface area contributed by atoms with Gasteiger partial charge in [-0.05, 0) is 44.3 Å². The first-order chi connectivity index (χ1) is 7.22. The summed E-state index contributed by atoms with van der Waals surface area (Å²) in [5.74, 6) is 0.767. The van der Waals surface area contributed by atoms with Gasteiger partial charge in [0.05, 0.1) is 0 Å². The molecule has 1 unspecified atom stereocenters. The molecule has 1 fully saturated rings. The minimum absolute atomic E-state index is 0.0676. The lowest BCUT2D eigenvalue weighted by molar-refractivity contribution is -0.116. The quantitative estimate of drug-likeness (QED) is 0.549. The van der Waals surface area contributed by atoms with E-state index >= 15 is 0 Å². The van der Waals surface area contributed by atoms with E-state index in [1.165, 1.54) is 32.0 Å². The number of nitrogens with zero attached hydrogens (tertiary/aromatic N) is 1. The van der Waals surface area contributed by atoms with Gasteiger partial charge in [0.1, 0.15) is 0 Å². The summed E-state index contributed by atoms with van der Waals surface area (Å²) < 4.78 is 0. The second-order valence-electron chi connectivity index (χ2n) is 4.40. The van der Waals surface area contributed by atoms with Crippen LogP contribution in [0.1, 0.15) is 26.2 Å². The molecule has 1 amide bonds. The monoisotopic (exact) mass is 210 g/mol. The van der Waals surface area contributed by atoms with Gasteiger partial charge in [-0.2, -0.15) is 0 Å². The zero-order chi connectivity index (χ0) is 11.1. The second-order valence-corrected chi connectivity index (χ2v) is 4.40. The zero-order valence-corrected chi connectivity index (χ0v) is 9.67. The van der Waals surface area contributed by atoms with Crippen LogP contribution in [0.15, 0.2) is 12.7 Å². The van der Waals surface area contributed by atoms with E-state index in [1.807, 2.05) is 0 Å². The van der Waals surface area contributed by atoms with Gasteiger partial charge in [0.15, 0.2) is 0 Å². The molecule has 1 aliphatic heterocycles. The number of amides is 1. The molecule has 1 saturated heterocycles. The van der Waals surface area contributed by atoms with E-state index in [-0.39, 0.29) is 5.91 Å². The first kappa shape index (κ1) is 12.2. The number of piperidine rings is 1. The van der Waals surface area contributed by atoms with Gasteiger partial charge in [-0.25, -0.2) is 0 Å². The Kier molecular flexibility index (Phi) is 5.40. The van der Waals surface area contributed by atoms with Crippen LogP contribution in [-0.4, -0.2) is 37.0 Å². The smallest absolute Gasteiger partial charge is 0.243 e. The van der Waals surface area contributed by atoms with Crippen molar-refractivity contribution < 1.29 is 4.79 Å². The van der Waals surface area contributed by atoms with Gasteiger partial charge in [-0.1, -0.05) is 13.5 Å². The average Bonchev–Trinajstić information content (AvgIpc) is 2.24. The molecule has 3 heteroatoms. The Balaban J connectivity index is 2.04. The molecule has 0 bridgehead atoms. The highest BCUT2D eigenvalue weighted by Gasteiger charge is 2.15. The summed E-state index contributed by atoms with van der Waals surface area (Å²) in [7, 11) is 0. The molecule has 3 nitrogen and oxygen atoms in total. The van der Waals surface area contributed by atoms with Crippen molar-refractivity contribution in [1.29, 1.82) is 0 Å². The first-order valence-electron chi connectivity index (χ1n) is 5.85. The van der Waals surface area contributed by atoms with Crippen molar-refractivity contribution in [2.45, 2.75) is 26.2 Å². The number of likely N-dealkylation sites (tertiary alicyclic amines) is 1. The molecular formula is C12H22N2O. The van der Waals surface area contributed by atoms with E-state index in [9.17, 15) is 4.79 Å². The summed E-state index contributed by atoms with van der Waals surface area (Å²) in [6, 6.07) is 0. The summed E-state index contributed by atoms with van der Waals surface area (Å²) in [6.07, 6.45) is 5.04. The van der Waals surface area contributed by atoms with Gasteiger partial charge >= 0.3 is 0 Å². The average molecular weight is 210 g/mol. The molecule has 0 spiro atoms. The normalized spacial score (nSPS) is 22.3. The SMILES string of the molecule is C=CC(=O)NCCCN1CCCC(C)C1. The molecule has 1 N–H and O–H groups in total. The maximum absolute atomic E-state index is 10.9. The number of carbonyl (C=O) groups is 1. The van der Waals surface area contributed by atoms with Crippen LogP contribution >= 0.6 is 0 Å². The second kappa shape index (κ2) is 6.62. The molecule has 1 rings (SSSR count). The van der Waals surface area contributed by atoms with Gasteiger partial charge in [-0.3, -0.25) is 4.79 Å². The maximum Gasteiger partial charge on any atom is 0.243 e. The van der Waals surface area contributed by atoms with Gasteiger partial charge in [0, 0.05) is 13.1 Å². The van der Waals surface area contributed by atoms with Crippen molar-refractivity contribution in [3.63, 3.8) is 0 Å². The van der Waals surface area contributed by atoms with E-state index < -0.39 is 0 Å². The maximum atomic E-state index is 10.9. The molecule has 0 aliphatic carbocycles. The molecule has 86 valence electrons. The minimum atomic E-state index is -0.0676. The van der Waals surface area contributed by atoms with E-state index in [1.54, 1.807) is 0 Å². The minimum Gasteiger partial charge on any atom is -0.353 e. The van der Waals surface area contributed by atoms with Gasteiger partial charge in [0.2, 0.25) is 5.91 Å². The molecule has 1 atom stereocenters. The lowest BCUT2D eigenvalue weighted by atomic mass is 10.0. The lowest BCUT2D eigenvalue weighted by Gasteiger charge is -2.30. The molecule has 0 aromatic carbocycles. The summed E-state index contributed by atoms with van der Waals surface area (Å²) in [5.41, 5.74) is 0. The number of rotatable bonds is 5. The predicted octanol–water partition coefficient (Wildman–Crippen LogP) is 1.41. The topological polar surface area (TPSA) is 32.3 Å². The van der Waals surface area contributed by atoms with Crippen molar-refractivity contribution in [1.82, 2.24) is 10.2 Å². The van der Waals surface area contributed by atoms with Crippen LogP contribution < -0.4 is 5.32 Å². The van der Waals surface area contributed by atoms with Crippen molar-refractivity contribution >= 4 is 5.91 Å². The van der Waals surface area contributed by atoms with Crippen LogP contribution in [0.2, 0.25) is 0 Å². The summed E-state index contributed by atoms with van der Waals surface area (Å²) in [5, 5.41) is 2.80. The van der Waals surface area contributed by atoms with E-state index in [2.05, 4.69) is 23.7 Å². The Morgan fingerprint density at radius 2 is 2.47 bits per heavy atom. The fraction of sp³-hybridized carbons (Fsp3) is 0.750.